The summed E-state index contributed by atoms with van der Waals surface area (Å²) in [7, 11) is 0. The molecule has 0 saturated carbocycles. The minimum Gasteiger partial charge on any atom is -0.373 e. The number of benzene rings is 1. The second-order valence-corrected chi connectivity index (χ2v) is 3.94. The van der Waals surface area contributed by atoms with E-state index in [4.69, 9.17) is 10.5 Å². The van der Waals surface area contributed by atoms with E-state index in [1.54, 1.807) is 0 Å². The van der Waals surface area contributed by atoms with Crippen molar-refractivity contribution in [2.45, 2.75) is 12.5 Å². The molecule has 2 heterocycles. The smallest absolute Gasteiger partial charge is 0.223 e. The molecule has 5 nitrogen and oxygen atoms in total. The average Bonchev–Trinajstić information content (AvgIpc) is 2.28. The molecule has 1 aromatic carbocycles. The third kappa shape index (κ3) is 1.97. The standard InChI is InChI=1S/C12H12N4O/c13-12-15-7-14-11(16-12)9-3-1-8(2-4-9)10-5-6-17-10/h1-4,7,10H,5-6H2,(H2,13,14,15,16). The number of aromatic nitrogens is 3. The van der Waals surface area contributed by atoms with Crippen LogP contribution in [0.2, 0.25) is 0 Å². The van der Waals surface area contributed by atoms with Gasteiger partial charge in [0, 0.05) is 12.0 Å². The average molecular weight is 228 g/mol. The molecule has 1 unspecified atom stereocenters. The quantitative estimate of drug-likeness (QED) is 0.844. The lowest BCUT2D eigenvalue weighted by atomic mass is 10.0. The van der Waals surface area contributed by atoms with Gasteiger partial charge in [-0.1, -0.05) is 24.3 Å². The van der Waals surface area contributed by atoms with Gasteiger partial charge in [-0.15, -0.1) is 0 Å². The molecule has 2 aromatic rings. The third-order valence-corrected chi connectivity index (χ3v) is 2.83. The number of hydrogen-bond donors (Lipinski definition) is 1. The highest BCUT2D eigenvalue weighted by atomic mass is 16.5. The van der Waals surface area contributed by atoms with Crippen LogP contribution in [-0.4, -0.2) is 21.6 Å². The van der Waals surface area contributed by atoms with Crippen molar-refractivity contribution in [3.8, 4) is 11.4 Å². The van der Waals surface area contributed by atoms with Gasteiger partial charge in [-0.3, -0.25) is 0 Å². The van der Waals surface area contributed by atoms with Gasteiger partial charge in [0.15, 0.2) is 5.82 Å². The van der Waals surface area contributed by atoms with Gasteiger partial charge in [0.2, 0.25) is 5.95 Å². The molecule has 0 bridgehead atoms. The molecule has 1 fully saturated rings. The Bertz CT molecular complexity index is 522. The Kier molecular flexibility index (Phi) is 2.45. The number of nitrogens with zero attached hydrogens (tertiary/aromatic N) is 3. The lowest BCUT2D eigenvalue weighted by Gasteiger charge is -2.26. The van der Waals surface area contributed by atoms with Crippen LogP contribution in [0.15, 0.2) is 30.6 Å². The first-order valence-corrected chi connectivity index (χ1v) is 5.49. The van der Waals surface area contributed by atoms with E-state index in [9.17, 15) is 0 Å². The van der Waals surface area contributed by atoms with Crippen molar-refractivity contribution in [1.29, 1.82) is 0 Å². The first-order chi connectivity index (χ1) is 8.33. The molecule has 0 spiro atoms. The first-order valence-electron chi connectivity index (χ1n) is 5.49. The van der Waals surface area contributed by atoms with Gasteiger partial charge in [-0.05, 0) is 5.56 Å². The van der Waals surface area contributed by atoms with E-state index in [0.717, 1.165) is 18.6 Å². The van der Waals surface area contributed by atoms with Crippen molar-refractivity contribution < 1.29 is 4.74 Å². The molecule has 3 rings (SSSR count). The highest BCUT2D eigenvalue weighted by Gasteiger charge is 2.19. The number of rotatable bonds is 2. The molecule has 0 amide bonds. The molecule has 1 atom stereocenters. The molecule has 1 saturated heterocycles. The first kappa shape index (κ1) is 10.2. The van der Waals surface area contributed by atoms with Gasteiger partial charge in [-0.2, -0.15) is 4.98 Å². The normalized spacial score (nSPS) is 18.7. The summed E-state index contributed by atoms with van der Waals surface area (Å²) in [6, 6.07) is 8.04. The molecule has 2 N–H and O–H groups in total. The van der Waals surface area contributed by atoms with Crippen molar-refractivity contribution in [2.75, 3.05) is 12.3 Å². The van der Waals surface area contributed by atoms with Crippen molar-refractivity contribution >= 4 is 5.95 Å². The van der Waals surface area contributed by atoms with Crippen LogP contribution in [0.5, 0.6) is 0 Å². The second-order valence-electron chi connectivity index (χ2n) is 3.94. The molecule has 1 aromatic heterocycles. The maximum absolute atomic E-state index is 5.52. The van der Waals surface area contributed by atoms with Crippen molar-refractivity contribution in [2.24, 2.45) is 0 Å². The van der Waals surface area contributed by atoms with Crippen LogP contribution >= 0.6 is 0 Å². The zero-order valence-corrected chi connectivity index (χ0v) is 9.21. The minimum atomic E-state index is 0.237. The number of hydrogen-bond acceptors (Lipinski definition) is 5. The zero-order valence-electron chi connectivity index (χ0n) is 9.21. The van der Waals surface area contributed by atoms with Crippen LogP contribution in [0.25, 0.3) is 11.4 Å². The lowest BCUT2D eigenvalue weighted by Crippen LogP contribution is -2.17. The maximum Gasteiger partial charge on any atom is 0.223 e. The fraction of sp³-hybridized carbons (Fsp3) is 0.250. The Balaban J connectivity index is 1.88. The highest BCUT2D eigenvalue weighted by molar-refractivity contribution is 5.56. The largest absolute Gasteiger partial charge is 0.373 e. The van der Waals surface area contributed by atoms with E-state index in [-0.39, 0.29) is 12.1 Å². The Morgan fingerprint density at radius 1 is 1.18 bits per heavy atom. The fourth-order valence-electron chi connectivity index (χ4n) is 1.79. The summed E-state index contributed by atoms with van der Waals surface area (Å²) in [4.78, 5) is 11.9. The van der Waals surface area contributed by atoms with Gasteiger partial charge < -0.3 is 10.5 Å². The Morgan fingerprint density at radius 3 is 2.53 bits per heavy atom. The van der Waals surface area contributed by atoms with Crippen LogP contribution < -0.4 is 5.73 Å². The van der Waals surface area contributed by atoms with Crippen molar-refractivity contribution in [1.82, 2.24) is 15.0 Å². The Labute approximate surface area is 98.7 Å². The van der Waals surface area contributed by atoms with E-state index in [0.29, 0.717) is 5.82 Å². The van der Waals surface area contributed by atoms with Gasteiger partial charge in [0.25, 0.3) is 0 Å². The number of nitrogen functional groups attached to an aromatic ring is 1. The topological polar surface area (TPSA) is 73.9 Å². The van der Waals surface area contributed by atoms with Crippen LogP contribution in [-0.2, 0) is 4.74 Å². The number of nitrogens with two attached hydrogens (primary N) is 1. The third-order valence-electron chi connectivity index (χ3n) is 2.83. The monoisotopic (exact) mass is 228 g/mol. The van der Waals surface area contributed by atoms with Crippen LogP contribution in [0.3, 0.4) is 0 Å². The molecule has 0 radical (unpaired) electrons. The summed E-state index contributed by atoms with van der Waals surface area (Å²) in [5, 5.41) is 0. The Hall–Kier alpha value is -2.01. The minimum absolute atomic E-state index is 0.237. The van der Waals surface area contributed by atoms with E-state index in [2.05, 4.69) is 15.0 Å². The lowest BCUT2D eigenvalue weighted by molar-refractivity contribution is -0.0527. The molecular weight excluding hydrogens is 216 g/mol. The van der Waals surface area contributed by atoms with Crippen LogP contribution in [0.4, 0.5) is 5.95 Å². The van der Waals surface area contributed by atoms with Gasteiger partial charge in [0.05, 0.1) is 12.7 Å². The van der Waals surface area contributed by atoms with Crippen LogP contribution in [0.1, 0.15) is 18.1 Å². The summed E-state index contributed by atoms with van der Waals surface area (Å²) < 4.78 is 5.42. The summed E-state index contributed by atoms with van der Waals surface area (Å²) in [6.07, 6.45) is 2.77. The van der Waals surface area contributed by atoms with E-state index < -0.39 is 0 Å². The predicted molar refractivity (Wildman–Crippen MR) is 63.0 cm³/mol. The van der Waals surface area contributed by atoms with Gasteiger partial charge in [-0.25, -0.2) is 9.97 Å². The predicted octanol–water partition coefficient (Wildman–Crippen LogP) is 1.58. The van der Waals surface area contributed by atoms with E-state index >= 15 is 0 Å². The number of anilines is 1. The molecule has 5 heteroatoms. The van der Waals surface area contributed by atoms with Crippen molar-refractivity contribution in [3.63, 3.8) is 0 Å². The van der Waals surface area contributed by atoms with Gasteiger partial charge in [0.1, 0.15) is 6.33 Å². The molecule has 86 valence electrons. The molecule has 1 aliphatic heterocycles. The SMILES string of the molecule is Nc1ncnc(-c2ccc(C3CCO3)cc2)n1. The van der Waals surface area contributed by atoms with Gasteiger partial charge >= 0.3 is 0 Å². The maximum atomic E-state index is 5.52. The molecule has 17 heavy (non-hydrogen) atoms. The van der Waals surface area contributed by atoms with Crippen molar-refractivity contribution in [3.05, 3.63) is 36.2 Å². The van der Waals surface area contributed by atoms with E-state index in [1.807, 2.05) is 24.3 Å². The van der Waals surface area contributed by atoms with E-state index in [1.165, 1.54) is 11.9 Å². The second kappa shape index (κ2) is 4.10. The summed E-state index contributed by atoms with van der Waals surface area (Å²) >= 11 is 0. The summed E-state index contributed by atoms with van der Waals surface area (Å²) in [5.74, 6) is 0.833. The fourth-order valence-corrected chi connectivity index (χ4v) is 1.79. The highest BCUT2D eigenvalue weighted by Crippen LogP contribution is 2.30. The summed E-state index contributed by atoms with van der Waals surface area (Å²) in [5.41, 5.74) is 7.65. The molecular formula is C12H12N4O. The number of ether oxygens (including phenoxy) is 1. The molecule has 1 aliphatic rings. The summed E-state index contributed by atoms with van der Waals surface area (Å²) in [6.45, 7) is 0.858. The van der Waals surface area contributed by atoms with Crippen LogP contribution in [0, 0.1) is 0 Å². The Morgan fingerprint density at radius 2 is 1.94 bits per heavy atom. The zero-order chi connectivity index (χ0) is 11.7. The molecule has 0 aliphatic carbocycles.